The van der Waals surface area contributed by atoms with Crippen molar-refractivity contribution < 1.29 is 5.11 Å². The molecule has 0 bridgehead atoms. The molecule has 0 heterocycles. The lowest BCUT2D eigenvalue weighted by molar-refractivity contribution is 0.227. The molecule has 1 aromatic rings. The molecule has 0 aliphatic rings. The van der Waals surface area contributed by atoms with E-state index in [0.717, 1.165) is 19.4 Å². The summed E-state index contributed by atoms with van der Waals surface area (Å²) < 4.78 is 0. The molecule has 0 amide bonds. The van der Waals surface area contributed by atoms with Gasteiger partial charge < -0.3 is 10.4 Å². The first-order valence-corrected chi connectivity index (χ1v) is 7.48. The van der Waals surface area contributed by atoms with E-state index in [0.29, 0.717) is 24.5 Å². The van der Waals surface area contributed by atoms with E-state index in [9.17, 15) is 0 Å². The van der Waals surface area contributed by atoms with Gasteiger partial charge in [-0.05, 0) is 49.3 Å². The standard InChI is InChI=1S/C17H29NO/c1-13(2)16-7-9-17(10-8-16)15(4)18-11-5-6-14(3)12-19/h7-10,13-15,18-19H,5-6,11-12H2,1-4H3. The van der Waals surface area contributed by atoms with E-state index < -0.39 is 0 Å². The minimum absolute atomic E-state index is 0.298. The predicted octanol–water partition coefficient (Wildman–Crippen LogP) is 3.87. The summed E-state index contributed by atoms with van der Waals surface area (Å²) in [6.07, 6.45) is 2.21. The topological polar surface area (TPSA) is 32.3 Å². The highest BCUT2D eigenvalue weighted by molar-refractivity contribution is 5.26. The second kappa shape index (κ2) is 8.34. The molecule has 2 heteroatoms. The quantitative estimate of drug-likeness (QED) is 0.698. The van der Waals surface area contributed by atoms with Gasteiger partial charge in [0, 0.05) is 12.6 Å². The molecule has 108 valence electrons. The summed E-state index contributed by atoms with van der Waals surface area (Å²) in [5.41, 5.74) is 2.74. The molecule has 2 N–H and O–H groups in total. The molecule has 0 aromatic heterocycles. The maximum absolute atomic E-state index is 8.97. The van der Waals surface area contributed by atoms with Crippen molar-refractivity contribution in [2.75, 3.05) is 13.2 Å². The third-order valence-electron chi connectivity index (χ3n) is 3.74. The van der Waals surface area contributed by atoms with E-state index >= 15 is 0 Å². The Hall–Kier alpha value is -0.860. The molecule has 2 atom stereocenters. The Balaban J connectivity index is 2.34. The summed E-state index contributed by atoms with van der Waals surface area (Å²) in [6, 6.07) is 9.30. The van der Waals surface area contributed by atoms with Crippen molar-refractivity contribution in [2.45, 2.75) is 52.5 Å². The van der Waals surface area contributed by atoms with Gasteiger partial charge in [0.1, 0.15) is 0 Å². The van der Waals surface area contributed by atoms with Gasteiger partial charge in [-0.2, -0.15) is 0 Å². The number of rotatable bonds is 8. The van der Waals surface area contributed by atoms with Gasteiger partial charge in [-0.25, -0.2) is 0 Å². The largest absolute Gasteiger partial charge is 0.396 e. The lowest BCUT2D eigenvalue weighted by atomic mass is 9.99. The molecule has 2 unspecified atom stereocenters. The number of nitrogens with one attached hydrogen (secondary N) is 1. The van der Waals surface area contributed by atoms with Crippen molar-refractivity contribution in [3.8, 4) is 0 Å². The molecule has 0 radical (unpaired) electrons. The first-order chi connectivity index (χ1) is 9.04. The maximum Gasteiger partial charge on any atom is 0.0456 e. The fourth-order valence-electron chi connectivity index (χ4n) is 2.15. The van der Waals surface area contributed by atoms with Gasteiger partial charge in [0.05, 0.1) is 0 Å². The zero-order valence-electron chi connectivity index (χ0n) is 12.8. The van der Waals surface area contributed by atoms with Crippen LogP contribution in [-0.4, -0.2) is 18.3 Å². The molecular formula is C17H29NO. The van der Waals surface area contributed by atoms with Gasteiger partial charge >= 0.3 is 0 Å². The zero-order chi connectivity index (χ0) is 14.3. The van der Waals surface area contributed by atoms with Crippen molar-refractivity contribution in [1.82, 2.24) is 5.32 Å². The molecule has 0 spiro atoms. The average molecular weight is 263 g/mol. The Kier molecular flexibility index (Phi) is 7.11. The van der Waals surface area contributed by atoms with E-state index in [-0.39, 0.29) is 0 Å². The van der Waals surface area contributed by atoms with Crippen LogP contribution < -0.4 is 5.32 Å². The average Bonchev–Trinajstić information content (AvgIpc) is 2.43. The molecule has 0 aliphatic heterocycles. The van der Waals surface area contributed by atoms with Crippen molar-refractivity contribution in [3.63, 3.8) is 0 Å². The highest BCUT2D eigenvalue weighted by atomic mass is 16.3. The fraction of sp³-hybridized carbons (Fsp3) is 0.647. The smallest absolute Gasteiger partial charge is 0.0456 e. The van der Waals surface area contributed by atoms with E-state index in [1.54, 1.807) is 0 Å². The summed E-state index contributed by atoms with van der Waals surface area (Å²) in [7, 11) is 0. The molecule has 0 fully saturated rings. The van der Waals surface area contributed by atoms with E-state index in [1.165, 1.54) is 11.1 Å². The number of hydrogen-bond donors (Lipinski definition) is 2. The number of aliphatic hydroxyl groups excluding tert-OH is 1. The van der Waals surface area contributed by atoms with E-state index in [1.807, 2.05) is 0 Å². The maximum atomic E-state index is 8.97. The molecule has 0 aliphatic carbocycles. The molecular weight excluding hydrogens is 234 g/mol. The Morgan fingerprint density at radius 2 is 1.58 bits per heavy atom. The Morgan fingerprint density at radius 3 is 2.11 bits per heavy atom. The highest BCUT2D eigenvalue weighted by Gasteiger charge is 2.06. The zero-order valence-corrected chi connectivity index (χ0v) is 12.8. The van der Waals surface area contributed by atoms with Crippen molar-refractivity contribution in [3.05, 3.63) is 35.4 Å². The first kappa shape index (κ1) is 16.2. The molecule has 0 saturated heterocycles. The van der Waals surface area contributed by atoms with Crippen molar-refractivity contribution in [1.29, 1.82) is 0 Å². The number of aliphatic hydroxyl groups is 1. The van der Waals surface area contributed by atoms with Crippen LogP contribution in [0.2, 0.25) is 0 Å². The van der Waals surface area contributed by atoms with Crippen LogP contribution in [0.5, 0.6) is 0 Å². The lowest BCUT2D eigenvalue weighted by Gasteiger charge is -2.16. The monoisotopic (exact) mass is 263 g/mol. The minimum Gasteiger partial charge on any atom is -0.396 e. The minimum atomic E-state index is 0.298. The van der Waals surface area contributed by atoms with Crippen molar-refractivity contribution >= 4 is 0 Å². The van der Waals surface area contributed by atoms with Crippen LogP contribution in [0.4, 0.5) is 0 Å². The summed E-state index contributed by atoms with van der Waals surface area (Å²) >= 11 is 0. The third kappa shape index (κ3) is 5.75. The van der Waals surface area contributed by atoms with Crippen LogP contribution in [0.25, 0.3) is 0 Å². The number of hydrogen-bond acceptors (Lipinski definition) is 2. The Morgan fingerprint density at radius 1 is 1.00 bits per heavy atom. The molecule has 1 rings (SSSR count). The van der Waals surface area contributed by atoms with Crippen LogP contribution in [0.1, 0.15) is 63.6 Å². The summed E-state index contributed by atoms with van der Waals surface area (Å²) in [5.74, 6) is 1.01. The third-order valence-corrected chi connectivity index (χ3v) is 3.74. The van der Waals surface area contributed by atoms with Gasteiger partial charge in [-0.3, -0.25) is 0 Å². The molecule has 2 nitrogen and oxygen atoms in total. The first-order valence-electron chi connectivity index (χ1n) is 7.48. The number of benzene rings is 1. The second-order valence-corrected chi connectivity index (χ2v) is 5.93. The van der Waals surface area contributed by atoms with Gasteiger partial charge in [0.2, 0.25) is 0 Å². The normalized spacial score (nSPS) is 14.6. The van der Waals surface area contributed by atoms with Crippen LogP contribution >= 0.6 is 0 Å². The predicted molar refractivity (Wildman–Crippen MR) is 82.4 cm³/mol. The van der Waals surface area contributed by atoms with Gasteiger partial charge in [0.15, 0.2) is 0 Å². The van der Waals surface area contributed by atoms with Gasteiger partial charge in [-0.1, -0.05) is 45.0 Å². The summed E-state index contributed by atoms with van der Waals surface area (Å²) in [6.45, 7) is 10.1. The molecule has 19 heavy (non-hydrogen) atoms. The van der Waals surface area contributed by atoms with Crippen LogP contribution in [0.15, 0.2) is 24.3 Å². The Labute approximate surface area is 118 Å². The van der Waals surface area contributed by atoms with Crippen LogP contribution in [-0.2, 0) is 0 Å². The summed E-state index contributed by atoms with van der Waals surface area (Å²) in [5, 5.41) is 12.5. The van der Waals surface area contributed by atoms with Crippen LogP contribution in [0, 0.1) is 5.92 Å². The van der Waals surface area contributed by atoms with Crippen LogP contribution in [0.3, 0.4) is 0 Å². The van der Waals surface area contributed by atoms with Crippen molar-refractivity contribution in [2.24, 2.45) is 5.92 Å². The Bertz CT molecular complexity index is 345. The fourth-order valence-corrected chi connectivity index (χ4v) is 2.15. The highest BCUT2D eigenvalue weighted by Crippen LogP contribution is 2.18. The SMILES string of the molecule is CC(CO)CCCNC(C)c1ccc(C(C)C)cc1. The van der Waals surface area contributed by atoms with Gasteiger partial charge in [-0.15, -0.1) is 0 Å². The summed E-state index contributed by atoms with van der Waals surface area (Å²) in [4.78, 5) is 0. The second-order valence-electron chi connectivity index (χ2n) is 5.93. The molecule has 1 aromatic carbocycles. The van der Waals surface area contributed by atoms with Gasteiger partial charge in [0.25, 0.3) is 0 Å². The van der Waals surface area contributed by atoms with E-state index in [2.05, 4.69) is 57.3 Å². The lowest BCUT2D eigenvalue weighted by Crippen LogP contribution is -2.20. The molecule has 0 saturated carbocycles. The van der Waals surface area contributed by atoms with E-state index in [4.69, 9.17) is 5.11 Å².